The SMILES string of the molecule is O=C1Cc2c(cccc2NC2c3ccc(F)c4c3C(CCO4)CC2(O)C(F)(F)F)N1. The van der Waals surface area contributed by atoms with Gasteiger partial charge in [-0.3, -0.25) is 4.79 Å². The lowest BCUT2D eigenvalue weighted by atomic mass is 9.68. The van der Waals surface area contributed by atoms with E-state index in [0.717, 1.165) is 6.07 Å². The van der Waals surface area contributed by atoms with E-state index in [0.29, 0.717) is 22.5 Å². The quantitative estimate of drug-likeness (QED) is 0.639. The molecule has 2 aromatic rings. The van der Waals surface area contributed by atoms with Gasteiger partial charge in [0.25, 0.3) is 0 Å². The molecule has 3 unspecified atom stereocenters. The molecule has 3 aliphatic rings. The number of hydrogen-bond acceptors (Lipinski definition) is 4. The Kier molecular flexibility index (Phi) is 4.05. The van der Waals surface area contributed by atoms with Crippen LogP contribution in [0.1, 0.15) is 41.5 Å². The maximum Gasteiger partial charge on any atom is 0.419 e. The highest BCUT2D eigenvalue weighted by Gasteiger charge is 2.63. The Balaban J connectivity index is 1.67. The smallest absolute Gasteiger partial charge is 0.419 e. The van der Waals surface area contributed by atoms with Gasteiger partial charge in [0.05, 0.1) is 19.1 Å². The first-order chi connectivity index (χ1) is 14.2. The van der Waals surface area contributed by atoms with Gasteiger partial charge >= 0.3 is 6.18 Å². The van der Waals surface area contributed by atoms with E-state index in [2.05, 4.69) is 10.6 Å². The fraction of sp³-hybridized carbons (Fsp3) is 0.381. The molecule has 2 aromatic carbocycles. The predicted octanol–water partition coefficient (Wildman–Crippen LogP) is 4.04. The molecule has 0 fully saturated rings. The molecule has 0 spiro atoms. The zero-order chi connectivity index (χ0) is 21.3. The fourth-order valence-electron chi connectivity index (χ4n) is 4.83. The van der Waals surface area contributed by atoms with Crippen molar-refractivity contribution in [1.29, 1.82) is 0 Å². The lowest BCUT2D eigenvalue weighted by molar-refractivity contribution is -0.273. The third kappa shape index (κ3) is 2.68. The van der Waals surface area contributed by atoms with E-state index in [1.807, 2.05) is 0 Å². The first-order valence-corrected chi connectivity index (χ1v) is 9.61. The zero-order valence-electron chi connectivity index (χ0n) is 15.6. The predicted molar refractivity (Wildman–Crippen MR) is 100 cm³/mol. The molecule has 3 atom stereocenters. The zero-order valence-corrected chi connectivity index (χ0v) is 15.6. The van der Waals surface area contributed by atoms with E-state index in [9.17, 15) is 27.5 Å². The molecule has 9 heteroatoms. The van der Waals surface area contributed by atoms with Crippen LogP contribution in [0.3, 0.4) is 0 Å². The molecule has 158 valence electrons. The van der Waals surface area contributed by atoms with Gasteiger partial charge in [-0.2, -0.15) is 13.2 Å². The number of fused-ring (bicyclic) bond motifs is 1. The van der Waals surface area contributed by atoms with Crippen LogP contribution < -0.4 is 15.4 Å². The van der Waals surface area contributed by atoms with Crippen molar-refractivity contribution in [2.45, 2.75) is 43.0 Å². The van der Waals surface area contributed by atoms with Crippen molar-refractivity contribution < 1.29 is 32.2 Å². The molecule has 3 N–H and O–H groups in total. The number of carbonyl (C=O) groups excluding carboxylic acids is 1. The van der Waals surface area contributed by atoms with Crippen LogP contribution in [0.15, 0.2) is 30.3 Å². The number of amides is 1. The number of nitrogens with one attached hydrogen (secondary N) is 2. The van der Waals surface area contributed by atoms with Gasteiger partial charge in [0, 0.05) is 22.5 Å². The van der Waals surface area contributed by atoms with E-state index in [1.54, 1.807) is 18.2 Å². The summed E-state index contributed by atoms with van der Waals surface area (Å²) < 4.78 is 62.2. The van der Waals surface area contributed by atoms with Crippen LogP contribution in [0.25, 0.3) is 0 Å². The lowest BCUT2D eigenvalue weighted by Crippen LogP contribution is -2.56. The standard InChI is InChI=1S/C21H18F4N2O3/c22-13-5-4-11-17-10(6-7-30-18(13)17)9-20(29,21(23,24)25)19(11)27-15-3-1-2-14-12(15)8-16(28)26-14/h1-5,10,19,27,29H,6-9H2,(H,26,28). The third-order valence-electron chi connectivity index (χ3n) is 6.23. The Hall–Kier alpha value is -2.81. The van der Waals surface area contributed by atoms with Crippen LogP contribution in [-0.2, 0) is 11.2 Å². The van der Waals surface area contributed by atoms with Crippen LogP contribution in [-0.4, -0.2) is 29.4 Å². The van der Waals surface area contributed by atoms with Crippen LogP contribution in [0, 0.1) is 5.82 Å². The van der Waals surface area contributed by atoms with Crippen molar-refractivity contribution in [3.63, 3.8) is 0 Å². The minimum absolute atomic E-state index is 0.0168. The van der Waals surface area contributed by atoms with E-state index in [4.69, 9.17) is 4.74 Å². The molecule has 0 saturated carbocycles. The third-order valence-corrected chi connectivity index (χ3v) is 6.23. The number of ether oxygens (including phenoxy) is 1. The van der Waals surface area contributed by atoms with Crippen molar-refractivity contribution in [2.24, 2.45) is 0 Å². The highest BCUT2D eigenvalue weighted by Crippen LogP contribution is 2.56. The lowest BCUT2D eigenvalue weighted by Gasteiger charge is -2.47. The van der Waals surface area contributed by atoms with Gasteiger partial charge in [-0.25, -0.2) is 4.39 Å². The average molecular weight is 422 g/mol. The molecule has 2 aliphatic heterocycles. The number of rotatable bonds is 2. The van der Waals surface area contributed by atoms with Gasteiger partial charge in [0.15, 0.2) is 17.2 Å². The molecule has 0 saturated heterocycles. The number of hydrogen-bond donors (Lipinski definition) is 3. The van der Waals surface area contributed by atoms with Crippen molar-refractivity contribution >= 4 is 17.3 Å². The summed E-state index contributed by atoms with van der Waals surface area (Å²) in [5.41, 5.74) is -1.20. The van der Waals surface area contributed by atoms with Crippen molar-refractivity contribution in [3.8, 4) is 5.75 Å². The summed E-state index contributed by atoms with van der Waals surface area (Å²) in [5, 5.41) is 16.4. The van der Waals surface area contributed by atoms with Crippen LogP contribution in [0.2, 0.25) is 0 Å². The second-order valence-corrected chi connectivity index (χ2v) is 7.97. The Morgan fingerprint density at radius 1 is 1.23 bits per heavy atom. The maximum atomic E-state index is 14.3. The summed E-state index contributed by atoms with van der Waals surface area (Å²) in [4.78, 5) is 11.8. The minimum Gasteiger partial charge on any atom is -0.490 e. The van der Waals surface area contributed by atoms with Gasteiger partial charge in [0.1, 0.15) is 0 Å². The molecule has 0 aromatic heterocycles. The summed E-state index contributed by atoms with van der Waals surface area (Å²) in [6, 6.07) is 5.57. The van der Waals surface area contributed by atoms with Gasteiger partial charge in [-0.05, 0) is 42.5 Å². The first kappa shape index (κ1) is 19.2. The Morgan fingerprint density at radius 2 is 2.03 bits per heavy atom. The van der Waals surface area contributed by atoms with E-state index in [1.165, 1.54) is 6.07 Å². The number of alkyl halides is 3. The molecular formula is C21H18F4N2O3. The molecule has 30 heavy (non-hydrogen) atoms. The monoisotopic (exact) mass is 422 g/mol. The van der Waals surface area contributed by atoms with E-state index >= 15 is 0 Å². The van der Waals surface area contributed by atoms with Crippen molar-refractivity contribution in [1.82, 2.24) is 0 Å². The van der Waals surface area contributed by atoms with Gasteiger partial charge < -0.3 is 20.5 Å². The van der Waals surface area contributed by atoms with Crippen LogP contribution >= 0.6 is 0 Å². The second kappa shape index (κ2) is 6.34. The molecule has 1 amide bonds. The number of carbonyl (C=O) groups is 1. The molecule has 5 rings (SSSR count). The molecule has 5 nitrogen and oxygen atoms in total. The number of halogens is 4. The van der Waals surface area contributed by atoms with E-state index in [-0.39, 0.29) is 36.7 Å². The van der Waals surface area contributed by atoms with Crippen molar-refractivity contribution in [3.05, 3.63) is 52.8 Å². The second-order valence-electron chi connectivity index (χ2n) is 7.97. The number of anilines is 2. The largest absolute Gasteiger partial charge is 0.490 e. The fourth-order valence-corrected chi connectivity index (χ4v) is 4.83. The molecule has 1 aliphatic carbocycles. The van der Waals surface area contributed by atoms with Gasteiger partial charge in [-0.1, -0.05) is 12.1 Å². The van der Waals surface area contributed by atoms with Crippen molar-refractivity contribution in [2.75, 3.05) is 17.2 Å². The van der Waals surface area contributed by atoms with Crippen LogP contribution in [0.4, 0.5) is 28.9 Å². The highest BCUT2D eigenvalue weighted by molar-refractivity contribution is 6.01. The van der Waals surface area contributed by atoms with E-state index < -0.39 is 36.0 Å². The minimum atomic E-state index is -4.93. The topological polar surface area (TPSA) is 70.6 Å². The molecule has 2 heterocycles. The Morgan fingerprint density at radius 3 is 2.80 bits per heavy atom. The summed E-state index contributed by atoms with van der Waals surface area (Å²) in [6.45, 7) is 0.0873. The maximum absolute atomic E-state index is 14.3. The molecule has 0 bridgehead atoms. The number of aliphatic hydroxyl groups is 1. The normalized spacial score (nSPS) is 27.0. The molecular weight excluding hydrogens is 404 g/mol. The Labute approximate surface area is 169 Å². The van der Waals surface area contributed by atoms with Crippen LogP contribution in [0.5, 0.6) is 5.75 Å². The summed E-state index contributed by atoms with van der Waals surface area (Å²) in [6.07, 6.45) is -5.26. The highest BCUT2D eigenvalue weighted by atomic mass is 19.4. The summed E-state index contributed by atoms with van der Waals surface area (Å²) in [7, 11) is 0. The summed E-state index contributed by atoms with van der Waals surface area (Å²) >= 11 is 0. The van der Waals surface area contributed by atoms with Gasteiger partial charge in [0.2, 0.25) is 5.91 Å². The van der Waals surface area contributed by atoms with Gasteiger partial charge in [-0.15, -0.1) is 0 Å². The first-order valence-electron chi connectivity index (χ1n) is 9.61. The average Bonchev–Trinajstić information content (AvgIpc) is 3.07. The summed E-state index contributed by atoms with van der Waals surface area (Å²) in [5.74, 6) is -1.62. The Bertz CT molecular complexity index is 1060. The number of benzene rings is 2. The molecule has 0 radical (unpaired) electrons.